The van der Waals surface area contributed by atoms with Crippen molar-refractivity contribution in [3.05, 3.63) is 66.6 Å². The number of aromatic nitrogens is 3. The minimum atomic E-state index is -0.106. The molecule has 3 aromatic rings. The Hall–Kier alpha value is -3.15. The summed E-state index contributed by atoms with van der Waals surface area (Å²) in [5.74, 6) is 0. The number of urea groups is 1. The van der Waals surface area contributed by atoms with Crippen LogP contribution >= 0.6 is 0 Å². The Bertz CT molecular complexity index is 815. The fraction of sp³-hybridized carbons (Fsp3) is 0.250. The summed E-state index contributed by atoms with van der Waals surface area (Å²) < 4.78 is 0. The zero-order valence-corrected chi connectivity index (χ0v) is 15.0. The van der Waals surface area contributed by atoms with Crippen LogP contribution in [0.3, 0.4) is 0 Å². The molecule has 0 spiro atoms. The number of rotatable bonds is 6. The number of benzene rings is 1. The number of aromatic amines is 1. The number of anilines is 1. The summed E-state index contributed by atoms with van der Waals surface area (Å²) in [6.07, 6.45) is 6.08. The third-order valence-corrected chi connectivity index (χ3v) is 4.40. The maximum Gasteiger partial charge on any atom is 0.322 e. The molecule has 0 aliphatic carbocycles. The van der Waals surface area contributed by atoms with Gasteiger partial charge in [-0.2, -0.15) is 5.10 Å². The van der Waals surface area contributed by atoms with Crippen LogP contribution in [0.4, 0.5) is 10.5 Å². The molecule has 26 heavy (non-hydrogen) atoms. The molecule has 2 amide bonds. The Morgan fingerprint density at radius 1 is 1.08 bits per heavy atom. The van der Waals surface area contributed by atoms with Crippen molar-refractivity contribution in [1.82, 2.24) is 20.1 Å². The summed E-state index contributed by atoms with van der Waals surface area (Å²) in [7, 11) is 0. The van der Waals surface area contributed by atoms with Crippen molar-refractivity contribution < 1.29 is 4.79 Å². The van der Waals surface area contributed by atoms with Gasteiger partial charge in [-0.25, -0.2) is 4.79 Å². The molecule has 0 bridgehead atoms. The Balaban J connectivity index is 1.72. The van der Waals surface area contributed by atoms with Crippen molar-refractivity contribution in [2.45, 2.75) is 26.3 Å². The number of carbonyl (C=O) groups is 1. The average molecular weight is 349 g/mol. The SMILES string of the molecule is CC[C@@H](c1ccncc1)N(CC)C(=O)Nc1ccc(-c2ccn[nH]2)cc1. The second kappa shape index (κ2) is 8.29. The fourth-order valence-corrected chi connectivity index (χ4v) is 3.07. The second-order valence-corrected chi connectivity index (χ2v) is 5.97. The van der Waals surface area contributed by atoms with Gasteiger partial charge in [0.2, 0.25) is 0 Å². The molecular formula is C20H23N5O. The molecule has 0 saturated heterocycles. The van der Waals surface area contributed by atoms with Crippen molar-refractivity contribution in [1.29, 1.82) is 0 Å². The van der Waals surface area contributed by atoms with E-state index in [9.17, 15) is 4.79 Å². The van der Waals surface area contributed by atoms with Crippen LogP contribution in [0.15, 0.2) is 61.1 Å². The lowest BCUT2D eigenvalue weighted by atomic mass is 10.0. The van der Waals surface area contributed by atoms with Crippen LogP contribution in [0.1, 0.15) is 31.9 Å². The molecule has 2 heterocycles. The normalized spacial score (nSPS) is 11.8. The van der Waals surface area contributed by atoms with E-state index in [4.69, 9.17) is 0 Å². The van der Waals surface area contributed by atoms with Crippen molar-refractivity contribution in [3.8, 4) is 11.3 Å². The molecule has 1 aromatic carbocycles. The number of hydrogen-bond acceptors (Lipinski definition) is 3. The van der Waals surface area contributed by atoms with Crippen LogP contribution in [0, 0.1) is 0 Å². The number of carbonyl (C=O) groups excluding carboxylic acids is 1. The van der Waals surface area contributed by atoms with E-state index in [-0.39, 0.29) is 12.1 Å². The van der Waals surface area contributed by atoms with Crippen molar-refractivity contribution >= 4 is 11.7 Å². The number of nitrogens with zero attached hydrogens (tertiary/aromatic N) is 3. The van der Waals surface area contributed by atoms with Gasteiger partial charge >= 0.3 is 6.03 Å². The first-order valence-corrected chi connectivity index (χ1v) is 8.80. The van der Waals surface area contributed by atoms with E-state index in [1.807, 2.05) is 54.3 Å². The third kappa shape index (κ3) is 3.91. The van der Waals surface area contributed by atoms with E-state index in [2.05, 4.69) is 27.4 Å². The van der Waals surface area contributed by atoms with Crippen LogP contribution in [0.2, 0.25) is 0 Å². The van der Waals surface area contributed by atoms with E-state index in [0.29, 0.717) is 6.54 Å². The molecule has 6 nitrogen and oxygen atoms in total. The number of amides is 2. The average Bonchev–Trinajstić information content (AvgIpc) is 3.22. The Labute approximate surface area is 153 Å². The van der Waals surface area contributed by atoms with Gasteiger partial charge in [0.05, 0.1) is 11.7 Å². The molecule has 2 aromatic heterocycles. The zero-order chi connectivity index (χ0) is 18.4. The Kier molecular flexibility index (Phi) is 5.63. The molecule has 2 N–H and O–H groups in total. The Morgan fingerprint density at radius 3 is 2.38 bits per heavy atom. The predicted molar refractivity (Wildman–Crippen MR) is 103 cm³/mol. The van der Waals surface area contributed by atoms with Gasteiger partial charge in [0.1, 0.15) is 0 Å². The molecule has 0 saturated carbocycles. The zero-order valence-electron chi connectivity index (χ0n) is 15.0. The quantitative estimate of drug-likeness (QED) is 0.689. The number of hydrogen-bond donors (Lipinski definition) is 2. The molecule has 6 heteroatoms. The van der Waals surface area contributed by atoms with Crippen LogP contribution in [0.25, 0.3) is 11.3 Å². The lowest BCUT2D eigenvalue weighted by Crippen LogP contribution is -2.37. The summed E-state index contributed by atoms with van der Waals surface area (Å²) in [6, 6.07) is 13.5. The number of nitrogens with one attached hydrogen (secondary N) is 2. The van der Waals surface area contributed by atoms with Gasteiger partial charge in [0.15, 0.2) is 0 Å². The van der Waals surface area contributed by atoms with Crippen molar-refractivity contribution in [2.75, 3.05) is 11.9 Å². The van der Waals surface area contributed by atoms with Crippen LogP contribution in [-0.4, -0.2) is 32.7 Å². The number of pyridine rings is 1. The lowest BCUT2D eigenvalue weighted by Gasteiger charge is -2.30. The predicted octanol–water partition coefficient (Wildman–Crippen LogP) is 4.48. The standard InChI is InChI=1S/C20H23N5O/c1-3-19(16-9-12-21-13-10-16)25(4-2)20(26)23-17-7-5-15(6-8-17)18-11-14-22-24-18/h5-14,19H,3-4H2,1-2H3,(H,22,24)(H,23,26)/t19-/m0/s1. The topological polar surface area (TPSA) is 73.9 Å². The molecule has 0 aliphatic rings. The summed E-state index contributed by atoms with van der Waals surface area (Å²) in [5, 5.41) is 9.88. The van der Waals surface area contributed by atoms with E-state index < -0.39 is 0 Å². The lowest BCUT2D eigenvalue weighted by molar-refractivity contribution is 0.190. The molecule has 0 aliphatic heterocycles. The van der Waals surface area contributed by atoms with Gasteiger partial charge < -0.3 is 10.2 Å². The van der Waals surface area contributed by atoms with Gasteiger partial charge in [-0.1, -0.05) is 19.1 Å². The highest BCUT2D eigenvalue weighted by Crippen LogP contribution is 2.25. The van der Waals surface area contributed by atoms with E-state index >= 15 is 0 Å². The molecule has 0 fully saturated rings. The van der Waals surface area contributed by atoms with Gasteiger partial charge in [0, 0.05) is 30.8 Å². The highest BCUT2D eigenvalue weighted by atomic mass is 16.2. The van der Waals surface area contributed by atoms with Crippen LogP contribution in [0.5, 0.6) is 0 Å². The molecule has 1 atom stereocenters. The monoisotopic (exact) mass is 349 g/mol. The van der Waals surface area contributed by atoms with E-state index in [1.54, 1.807) is 18.6 Å². The summed E-state index contributed by atoms with van der Waals surface area (Å²) >= 11 is 0. The smallest absolute Gasteiger partial charge is 0.318 e. The first kappa shape index (κ1) is 17.7. The van der Waals surface area contributed by atoms with Gasteiger partial charge in [-0.3, -0.25) is 10.1 Å². The number of H-pyrrole nitrogens is 1. The maximum atomic E-state index is 12.8. The summed E-state index contributed by atoms with van der Waals surface area (Å²) in [5.41, 5.74) is 3.83. The van der Waals surface area contributed by atoms with Gasteiger partial charge in [-0.15, -0.1) is 0 Å². The second-order valence-electron chi connectivity index (χ2n) is 5.97. The fourth-order valence-electron chi connectivity index (χ4n) is 3.07. The van der Waals surface area contributed by atoms with E-state index in [0.717, 1.165) is 28.9 Å². The first-order chi connectivity index (χ1) is 12.7. The van der Waals surface area contributed by atoms with E-state index in [1.165, 1.54) is 0 Å². The molecular weight excluding hydrogens is 326 g/mol. The van der Waals surface area contributed by atoms with Gasteiger partial charge in [-0.05, 0) is 54.8 Å². The highest BCUT2D eigenvalue weighted by Gasteiger charge is 2.22. The summed E-state index contributed by atoms with van der Waals surface area (Å²) in [4.78, 5) is 18.7. The van der Waals surface area contributed by atoms with Crippen LogP contribution < -0.4 is 5.32 Å². The van der Waals surface area contributed by atoms with Crippen LogP contribution in [-0.2, 0) is 0 Å². The Morgan fingerprint density at radius 2 is 1.81 bits per heavy atom. The molecule has 0 radical (unpaired) electrons. The summed E-state index contributed by atoms with van der Waals surface area (Å²) in [6.45, 7) is 4.70. The van der Waals surface area contributed by atoms with Crippen molar-refractivity contribution in [2.24, 2.45) is 0 Å². The molecule has 134 valence electrons. The highest BCUT2D eigenvalue weighted by molar-refractivity contribution is 5.90. The molecule has 3 rings (SSSR count). The third-order valence-electron chi connectivity index (χ3n) is 4.40. The minimum Gasteiger partial charge on any atom is -0.318 e. The van der Waals surface area contributed by atoms with Crippen molar-refractivity contribution in [3.63, 3.8) is 0 Å². The largest absolute Gasteiger partial charge is 0.322 e. The molecule has 0 unspecified atom stereocenters. The first-order valence-electron chi connectivity index (χ1n) is 8.80. The maximum absolute atomic E-state index is 12.8. The minimum absolute atomic E-state index is 0.0206. The van der Waals surface area contributed by atoms with Gasteiger partial charge in [0.25, 0.3) is 0 Å².